The number of carbonyl (C=O) groups is 5. The fourth-order valence-electron chi connectivity index (χ4n) is 4.94. The van der Waals surface area contributed by atoms with Crippen LogP contribution in [0.4, 0.5) is 20.4 Å². The normalized spacial score (nSPS) is 14.2. The number of aryl methyl sites for hydroxylation is 2. The Hall–Kier alpha value is -4.44. The quantitative estimate of drug-likeness (QED) is 0.162. The van der Waals surface area contributed by atoms with Gasteiger partial charge in [-0.05, 0) is 58.2 Å². The van der Waals surface area contributed by atoms with Crippen molar-refractivity contribution >= 4 is 52.1 Å². The Morgan fingerprint density at radius 1 is 0.957 bits per heavy atom. The van der Waals surface area contributed by atoms with Crippen LogP contribution in [0.5, 0.6) is 0 Å². The lowest BCUT2D eigenvalue weighted by Gasteiger charge is -2.55. The van der Waals surface area contributed by atoms with Crippen LogP contribution in [-0.4, -0.2) is 97.6 Å². The Bertz CT molecular complexity index is 1460. The molecule has 47 heavy (non-hydrogen) atoms. The van der Waals surface area contributed by atoms with Gasteiger partial charge in [-0.2, -0.15) is 0 Å². The van der Waals surface area contributed by atoms with Crippen LogP contribution in [0, 0.1) is 5.41 Å². The first kappa shape index (κ1) is 38.7. The molecule has 3 atom stereocenters. The van der Waals surface area contributed by atoms with Crippen molar-refractivity contribution in [3.8, 4) is 0 Å². The summed E-state index contributed by atoms with van der Waals surface area (Å²) in [5.74, 6) is -3.26. The number of anilines is 2. The van der Waals surface area contributed by atoms with Gasteiger partial charge in [0, 0.05) is 37.7 Å². The highest BCUT2D eigenvalue weighted by molar-refractivity contribution is 7.17. The summed E-state index contributed by atoms with van der Waals surface area (Å²) in [6, 6.07) is 5.75. The van der Waals surface area contributed by atoms with Crippen molar-refractivity contribution in [3.05, 3.63) is 40.4 Å². The number of hydrogen-bond donors (Lipinski definition) is 7. The number of benzene rings is 1. The molecule has 2 aromatic rings. The molecule has 16 heteroatoms. The molecule has 15 nitrogen and oxygen atoms in total. The number of hydrogen-bond acceptors (Lipinski definition) is 9. The average Bonchev–Trinajstić information content (AvgIpc) is 3.30. The number of rotatable bonds is 12. The van der Waals surface area contributed by atoms with Gasteiger partial charge in [0.2, 0.25) is 17.6 Å². The largest absolute Gasteiger partial charge is 0.465 e. The third-order valence-electron chi connectivity index (χ3n) is 7.16. The van der Waals surface area contributed by atoms with Gasteiger partial charge in [-0.3, -0.25) is 24.6 Å². The minimum atomic E-state index is -1.77. The summed E-state index contributed by atoms with van der Waals surface area (Å²) in [6.45, 7) is 12.9. The Kier molecular flexibility index (Phi) is 12.3. The molecule has 0 aliphatic rings. The fraction of sp³-hybridized carbons (Fsp3) is 0.548. The maximum absolute atomic E-state index is 13.3. The molecule has 1 unspecified atom stereocenters. The van der Waals surface area contributed by atoms with Crippen molar-refractivity contribution in [1.82, 2.24) is 25.4 Å². The van der Waals surface area contributed by atoms with Crippen LogP contribution in [0.15, 0.2) is 24.3 Å². The Morgan fingerprint density at radius 2 is 1.53 bits per heavy atom. The van der Waals surface area contributed by atoms with Crippen LogP contribution in [-0.2, 0) is 22.4 Å². The van der Waals surface area contributed by atoms with E-state index < -0.39 is 52.9 Å². The van der Waals surface area contributed by atoms with E-state index in [2.05, 4.69) is 26.3 Å². The summed E-state index contributed by atoms with van der Waals surface area (Å²) >= 11 is 0.948. The number of aliphatic hydroxyl groups excluding tert-OH is 1. The van der Waals surface area contributed by atoms with Crippen LogP contribution in [0.3, 0.4) is 0 Å². The second kappa shape index (κ2) is 15.0. The zero-order valence-electron chi connectivity index (χ0n) is 28.5. The van der Waals surface area contributed by atoms with Gasteiger partial charge in [0.15, 0.2) is 5.13 Å². The van der Waals surface area contributed by atoms with Crippen LogP contribution in [0.2, 0.25) is 0 Å². The minimum absolute atomic E-state index is 0.176. The first-order chi connectivity index (χ1) is 21.5. The minimum Gasteiger partial charge on any atom is -0.465 e. The molecule has 2 rings (SSSR count). The molecule has 0 fully saturated rings. The predicted octanol–water partition coefficient (Wildman–Crippen LogP) is 3.61. The Labute approximate surface area is 278 Å². The summed E-state index contributed by atoms with van der Waals surface area (Å²) in [7, 11) is 3.02. The van der Waals surface area contributed by atoms with E-state index in [1.165, 1.54) is 32.8 Å². The summed E-state index contributed by atoms with van der Waals surface area (Å²) in [5.41, 5.74) is -0.326. The standard InChI is InChI=1S/C31H47N7O8S/c1-17(39)22(25(42)37(9)10)34-24(41)23-21(33-26(47-23)32-18(2)40)16-13-19-11-14-20(15-12-19)35-31(29(3,4)5,36-27(43)44)38(28(45)46)30(6,7)8/h11-12,14-15,17,22,35-36,39H,13,16H2,1-10H3,(H,34,41)(H,43,44)(H,45,46)(H,32,33,40)/t17-,22?,31-/m0/s1. The molecule has 0 bridgehead atoms. The zero-order chi connectivity index (χ0) is 36.1. The summed E-state index contributed by atoms with van der Waals surface area (Å²) in [5, 5.41) is 41.1. The SMILES string of the molecule is CC(=O)Nc1nc(CCc2ccc(N[C@@](NC(=O)O)(N(C(=O)O)C(C)(C)C)C(C)(C)C)cc2)c(C(=O)NC(C(=O)N(C)C)[C@H](C)O)s1. The van der Waals surface area contributed by atoms with E-state index in [1.54, 1.807) is 65.8 Å². The molecule has 0 aliphatic heterocycles. The van der Waals surface area contributed by atoms with Gasteiger partial charge >= 0.3 is 12.2 Å². The van der Waals surface area contributed by atoms with E-state index in [0.29, 0.717) is 17.8 Å². The second-order valence-electron chi connectivity index (χ2n) is 13.4. The number of aromatic nitrogens is 1. The highest BCUT2D eigenvalue weighted by atomic mass is 32.1. The lowest BCUT2D eigenvalue weighted by Crippen LogP contribution is -2.76. The van der Waals surface area contributed by atoms with E-state index in [-0.39, 0.29) is 22.3 Å². The Balaban J connectivity index is 2.41. The number of amides is 5. The van der Waals surface area contributed by atoms with Crippen LogP contribution in [0.25, 0.3) is 0 Å². The highest BCUT2D eigenvalue weighted by Gasteiger charge is 2.54. The summed E-state index contributed by atoms with van der Waals surface area (Å²) < 4.78 is 0. The molecule has 0 saturated heterocycles. The van der Waals surface area contributed by atoms with Gasteiger partial charge in [0.25, 0.3) is 5.91 Å². The maximum atomic E-state index is 13.3. The van der Waals surface area contributed by atoms with Gasteiger partial charge in [-0.15, -0.1) is 0 Å². The predicted molar refractivity (Wildman–Crippen MR) is 178 cm³/mol. The van der Waals surface area contributed by atoms with Gasteiger partial charge < -0.3 is 36.2 Å². The molecular formula is C31H47N7O8S. The molecule has 0 aliphatic carbocycles. The average molecular weight is 678 g/mol. The van der Waals surface area contributed by atoms with Gasteiger partial charge in [-0.25, -0.2) is 14.6 Å². The smallest absolute Gasteiger partial charge is 0.411 e. The lowest BCUT2D eigenvalue weighted by atomic mass is 9.82. The number of aliphatic hydroxyl groups is 1. The monoisotopic (exact) mass is 677 g/mol. The van der Waals surface area contributed by atoms with Crippen LogP contribution in [0.1, 0.15) is 76.3 Å². The second-order valence-corrected chi connectivity index (χ2v) is 14.4. The molecule has 7 N–H and O–H groups in total. The van der Waals surface area contributed by atoms with Crippen molar-refractivity contribution in [2.75, 3.05) is 24.7 Å². The highest BCUT2D eigenvalue weighted by Crippen LogP contribution is 2.39. The first-order valence-electron chi connectivity index (χ1n) is 14.9. The molecule has 0 radical (unpaired) electrons. The summed E-state index contributed by atoms with van der Waals surface area (Å²) in [4.78, 5) is 69.0. The van der Waals surface area contributed by atoms with Crippen molar-refractivity contribution in [3.63, 3.8) is 0 Å². The van der Waals surface area contributed by atoms with Gasteiger partial charge in [0.05, 0.1) is 11.8 Å². The van der Waals surface area contributed by atoms with E-state index >= 15 is 0 Å². The van der Waals surface area contributed by atoms with Crippen molar-refractivity contribution in [2.24, 2.45) is 5.41 Å². The van der Waals surface area contributed by atoms with Gasteiger partial charge in [0.1, 0.15) is 10.9 Å². The van der Waals surface area contributed by atoms with E-state index in [0.717, 1.165) is 21.8 Å². The number of carboxylic acid groups (broad SMARTS) is 2. The number of likely N-dealkylation sites (N-methyl/N-ethyl adjacent to an activating group) is 1. The van der Waals surface area contributed by atoms with Crippen molar-refractivity contribution in [1.29, 1.82) is 0 Å². The molecule has 1 aromatic heterocycles. The number of nitrogens with one attached hydrogen (secondary N) is 4. The van der Waals surface area contributed by atoms with Crippen LogP contribution < -0.4 is 21.3 Å². The third-order valence-corrected chi connectivity index (χ3v) is 8.17. The van der Waals surface area contributed by atoms with E-state index in [1.807, 2.05) is 0 Å². The first-order valence-corrected chi connectivity index (χ1v) is 15.7. The molecular weight excluding hydrogens is 630 g/mol. The maximum Gasteiger partial charge on any atom is 0.411 e. The number of carbonyl (C=O) groups excluding carboxylic acids is 3. The molecule has 0 saturated carbocycles. The molecule has 1 aromatic carbocycles. The molecule has 260 valence electrons. The summed E-state index contributed by atoms with van der Waals surface area (Å²) in [6.07, 6.45) is -3.22. The third kappa shape index (κ3) is 9.78. The molecule has 0 spiro atoms. The number of thiazole rings is 1. The number of nitrogens with zero attached hydrogens (tertiary/aromatic N) is 3. The van der Waals surface area contributed by atoms with Crippen molar-refractivity contribution in [2.45, 2.75) is 91.7 Å². The zero-order valence-corrected chi connectivity index (χ0v) is 29.3. The van der Waals surface area contributed by atoms with Crippen LogP contribution >= 0.6 is 11.3 Å². The van der Waals surface area contributed by atoms with E-state index in [4.69, 9.17) is 0 Å². The molecule has 5 amide bonds. The van der Waals surface area contributed by atoms with Gasteiger partial charge in [-0.1, -0.05) is 44.2 Å². The molecule has 1 heterocycles. The Morgan fingerprint density at radius 3 is 1.96 bits per heavy atom. The van der Waals surface area contributed by atoms with E-state index in [9.17, 15) is 39.3 Å². The fourth-order valence-corrected chi connectivity index (χ4v) is 5.91. The van der Waals surface area contributed by atoms with Crippen molar-refractivity contribution < 1.29 is 39.3 Å². The topological polar surface area (TPSA) is 214 Å². The lowest BCUT2D eigenvalue weighted by molar-refractivity contribution is -0.133.